The zero-order valence-corrected chi connectivity index (χ0v) is 12.6. The first-order chi connectivity index (χ1) is 10.1. The Morgan fingerprint density at radius 3 is 2.48 bits per heavy atom. The highest BCUT2D eigenvalue weighted by Gasteiger charge is 2.24. The van der Waals surface area contributed by atoms with Crippen molar-refractivity contribution >= 4 is 12.0 Å². The molecule has 1 saturated heterocycles. The first-order valence-corrected chi connectivity index (χ1v) is 7.29. The Kier molecular flexibility index (Phi) is 5.19. The molecule has 2 amide bonds. The second-order valence-corrected chi connectivity index (χ2v) is 5.01. The van der Waals surface area contributed by atoms with E-state index in [4.69, 9.17) is 4.74 Å². The molecule has 0 N–H and O–H groups in total. The summed E-state index contributed by atoms with van der Waals surface area (Å²) in [6.07, 6.45) is 1.87. The lowest BCUT2D eigenvalue weighted by atomic mass is 10.3. The van der Waals surface area contributed by atoms with E-state index < -0.39 is 0 Å². The summed E-state index contributed by atoms with van der Waals surface area (Å²) < 4.78 is 6.78. The van der Waals surface area contributed by atoms with E-state index in [9.17, 15) is 9.59 Å². The van der Waals surface area contributed by atoms with E-state index in [1.807, 2.05) is 17.7 Å². The molecule has 7 nitrogen and oxygen atoms in total. The highest BCUT2D eigenvalue weighted by atomic mass is 16.6. The molecule has 116 valence electrons. The van der Waals surface area contributed by atoms with Gasteiger partial charge in [-0.3, -0.25) is 9.48 Å². The number of carbonyl (C=O) groups is 2. The van der Waals surface area contributed by atoms with Crippen molar-refractivity contribution in [2.24, 2.45) is 0 Å². The molecule has 0 aliphatic carbocycles. The first-order valence-electron chi connectivity index (χ1n) is 7.29. The number of hydrogen-bond donors (Lipinski definition) is 0. The standard InChI is InChI=1S/C14H22N4O3/c1-3-21-14(20)17-10-8-16(9-11-17)13(19)5-7-18-12(2)4-6-15-18/h4,6H,3,5,7-11H2,1-2H3. The molecule has 1 aromatic heterocycles. The van der Waals surface area contributed by atoms with Crippen molar-refractivity contribution in [1.29, 1.82) is 0 Å². The highest BCUT2D eigenvalue weighted by molar-refractivity contribution is 5.76. The number of carbonyl (C=O) groups excluding carboxylic acids is 2. The Labute approximate surface area is 124 Å². The third kappa shape index (κ3) is 3.96. The molecule has 7 heteroatoms. The number of amides is 2. The quantitative estimate of drug-likeness (QED) is 0.827. The highest BCUT2D eigenvalue weighted by Crippen LogP contribution is 2.07. The lowest BCUT2D eigenvalue weighted by Gasteiger charge is -2.34. The normalized spacial score (nSPS) is 15.1. The third-order valence-electron chi connectivity index (χ3n) is 3.62. The predicted molar refractivity (Wildman–Crippen MR) is 76.8 cm³/mol. The van der Waals surface area contributed by atoms with Gasteiger partial charge in [-0.15, -0.1) is 0 Å². The summed E-state index contributed by atoms with van der Waals surface area (Å²) in [6.45, 7) is 6.92. The van der Waals surface area contributed by atoms with Crippen LogP contribution in [0.1, 0.15) is 19.0 Å². The summed E-state index contributed by atoms with van der Waals surface area (Å²) in [5.74, 6) is 0.105. The molecule has 0 unspecified atom stereocenters. The maximum absolute atomic E-state index is 12.2. The van der Waals surface area contributed by atoms with Crippen LogP contribution in [0.3, 0.4) is 0 Å². The number of hydrogen-bond acceptors (Lipinski definition) is 4. The van der Waals surface area contributed by atoms with Crippen molar-refractivity contribution in [3.8, 4) is 0 Å². The fourth-order valence-corrected chi connectivity index (χ4v) is 2.35. The SMILES string of the molecule is CCOC(=O)N1CCN(C(=O)CCn2nccc2C)CC1. The van der Waals surface area contributed by atoms with Gasteiger partial charge in [0.2, 0.25) is 5.91 Å². The van der Waals surface area contributed by atoms with Crippen LogP contribution < -0.4 is 0 Å². The van der Waals surface area contributed by atoms with Crippen molar-refractivity contribution in [3.63, 3.8) is 0 Å². The molecule has 1 fully saturated rings. The van der Waals surface area contributed by atoms with Gasteiger partial charge in [0.25, 0.3) is 0 Å². The maximum atomic E-state index is 12.2. The summed E-state index contributed by atoms with van der Waals surface area (Å²) in [5.41, 5.74) is 1.05. The minimum Gasteiger partial charge on any atom is -0.450 e. The number of ether oxygens (including phenoxy) is 1. The molecule has 0 saturated carbocycles. The Hall–Kier alpha value is -2.05. The number of rotatable bonds is 4. The molecule has 0 radical (unpaired) electrons. The second kappa shape index (κ2) is 7.10. The van der Waals surface area contributed by atoms with Gasteiger partial charge in [-0.2, -0.15) is 5.10 Å². The van der Waals surface area contributed by atoms with Gasteiger partial charge in [-0.05, 0) is 19.9 Å². The largest absolute Gasteiger partial charge is 0.450 e. The van der Waals surface area contributed by atoms with Crippen LogP contribution in [0.4, 0.5) is 4.79 Å². The Morgan fingerprint density at radius 2 is 1.90 bits per heavy atom. The zero-order chi connectivity index (χ0) is 15.2. The Bertz CT molecular complexity index is 492. The summed E-state index contributed by atoms with van der Waals surface area (Å²) in [4.78, 5) is 27.2. The van der Waals surface area contributed by atoms with Crippen molar-refractivity contribution in [2.45, 2.75) is 26.8 Å². The zero-order valence-electron chi connectivity index (χ0n) is 12.6. The van der Waals surface area contributed by atoms with Gasteiger partial charge in [0, 0.05) is 51.0 Å². The minimum absolute atomic E-state index is 0.105. The molecule has 0 spiro atoms. The van der Waals surface area contributed by atoms with Gasteiger partial charge in [0.05, 0.1) is 6.61 Å². The van der Waals surface area contributed by atoms with Gasteiger partial charge in [0.15, 0.2) is 0 Å². The van der Waals surface area contributed by atoms with E-state index in [1.165, 1.54) is 0 Å². The molecule has 2 rings (SSSR count). The molecule has 0 bridgehead atoms. The fourth-order valence-electron chi connectivity index (χ4n) is 2.35. The molecule has 0 atom stereocenters. The molecule has 2 heterocycles. The lowest BCUT2D eigenvalue weighted by Crippen LogP contribution is -2.50. The van der Waals surface area contributed by atoms with E-state index in [-0.39, 0.29) is 12.0 Å². The van der Waals surface area contributed by atoms with Crippen LogP contribution in [0, 0.1) is 6.92 Å². The van der Waals surface area contributed by atoms with Gasteiger partial charge in [-0.25, -0.2) is 4.79 Å². The van der Waals surface area contributed by atoms with Crippen LogP contribution in [-0.2, 0) is 16.1 Å². The van der Waals surface area contributed by atoms with E-state index in [1.54, 1.807) is 22.9 Å². The Balaban J connectivity index is 1.75. The van der Waals surface area contributed by atoms with Gasteiger partial charge in [-0.1, -0.05) is 0 Å². The molecule has 1 aliphatic rings. The number of nitrogens with zero attached hydrogens (tertiary/aromatic N) is 4. The van der Waals surface area contributed by atoms with Crippen LogP contribution in [-0.4, -0.2) is 64.4 Å². The second-order valence-electron chi connectivity index (χ2n) is 5.01. The van der Waals surface area contributed by atoms with Gasteiger partial charge in [0.1, 0.15) is 0 Å². The predicted octanol–water partition coefficient (Wildman–Crippen LogP) is 0.882. The van der Waals surface area contributed by atoms with E-state index >= 15 is 0 Å². The molecule has 21 heavy (non-hydrogen) atoms. The Morgan fingerprint density at radius 1 is 1.24 bits per heavy atom. The first kappa shape index (κ1) is 15.3. The molecule has 0 aromatic carbocycles. The van der Waals surface area contributed by atoms with Gasteiger partial charge < -0.3 is 14.5 Å². The number of aryl methyl sites for hydroxylation is 2. The van der Waals surface area contributed by atoms with Crippen molar-refractivity contribution < 1.29 is 14.3 Å². The third-order valence-corrected chi connectivity index (χ3v) is 3.62. The fraction of sp³-hybridized carbons (Fsp3) is 0.643. The van der Waals surface area contributed by atoms with Crippen LogP contribution in [0.5, 0.6) is 0 Å². The average molecular weight is 294 g/mol. The van der Waals surface area contributed by atoms with Crippen LogP contribution in [0.15, 0.2) is 12.3 Å². The molecular formula is C14H22N4O3. The van der Waals surface area contributed by atoms with Crippen LogP contribution >= 0.6 is 0 Å². The smallest absolute Gasteiger partial charge is 0.409 e. The van der Waals surface area contributed by atoms with Crippen molar-refractivity contribution in [3.05, 3.63) is 18.0 Å². The van der Waals surface area contributed by atoms with Crippen molar-refractivity contribution in [2.75, 3.05) is 32.8 Å². The topological polar surface area (TPSA) is 67.7 Å². The van der Waals surface area contributed by atoms with E-state index in [2.05, 4.69) is 5.10 Å². The van der Waals surface area contributed by atoms with Crippen LogP contribution in [0.25, 0.3) is 0 Å². The van der Waals surface area contributed by atoms with Crippen LogP contribution in [0.2, 0.25) is 0 Å². The minimum atomic E-state index is -0.295. The number of aromatic nitrogens is 2. The number of piperazine rings is 1. The summed E-state index contributed by atoms with van der Waals surface area (Å²) in [6, 6.07) is 1.92. The van der Waals surface area contributed by atoms with Crippen molar-refractivity contribution in [1.82, 2.24) is 19.6 Å². The monoisotopic (exact) mass is 294 g/mol. The van der Waals surface area contributed by atoms with E-state index in [0.717, 1.165) is 5.69 Å². The maximum Gasteiger partial charge on any atom is 0.409 e. The summed E-state index contributed by atoms with van der Waals surface area (Å²) in [7, 11) is 0. The average Bonchev–Trinajstić information content (AvgIpc) is 2.90. The van der Waals surface area contributed by atoms with E-state index in [0.29, 0.717) is 45.8 Å². The van der Waals surface area contributed by atoms with Gasteiger partial charge >= 0.3 is 6.09 Å². The molecule has 1 aromatic rings. The summed E-state index contributed by atoms with van der Waals surface area (Å²) >= 11 is 0. The molecular weight excluding hydrogens is 272 g/mol. The summed E-state index contributed by atoms with van der Waals surface area (Å²) in [5, 5.41) is 4.17. The molecule has 1 aliphatic heterocycles. The lowest BCUT2D eigenvalue weighted by molar-refractivity contribution is -0.133.